The van der Waals surface area contributed by atoms with Gasteiger partial charge in [-0.25, -0.2) is 4.79 Å². The van der Waals surface area contributed by atoms with E-state index in [1.165, 1.54) is 31.4 Å². The predicted octanol–water partition coefficient (Wildman–Crippen LogP) is 1.18. The minimum atomic E-state index is -3.97. The predicted molar refractivity (Wildman–Crippen MR) is 95.8 cm³/mol. The second-order valence-electron chi connectivity index (χ2n) is 6.75. The first kappa shape index (κ1) is 22.0. The molecule has 0 unspecified atom stereocenters. The van der Waals surface area contributed by atoms with E-state index >= 15 is 0 Å². The Balaban J connectivity index is 2.41. The summed E-state index contributed by atoms with van der Waals surface area (Å²) < 4.78 is 39.2. The van der Waals surface area contributed by atoms with Gasteiger partial charge in [-0.1, -0.05) is 0 Å². The van der Waals surface area contributed by atoms with Crippen LogP contribution in [0.25, 0.3) is 0 Å². The van der Waals surface area contributed by atoms with E-state index in [0.29, 0.717) is 0 Å². The number of rotatable bonds is 5. The highest BCUT2D eigenvalue weighted by Crippen LogP contribution is 2.36. The Morgan fingerprint density at radius 2 is 1.96 bits per heavy atom. The molecule has 1 aromatic rings. The maximum atomic E-state index is 11.9. The van der Waals surface area contributed by atoms with Gasteiger partial charge in [0, 0.05) is 12.1 Å². The normalized spacial score (nSPS) is 23.1. The number of aliphatic hydroxyl groups excluding tert-OH is 1. The summed E-state index contributed by atoms with van der Waals surface area (Å²) in [5.74, 6) is 0. The van der Waals surface area contributed by atoms with Crippen LogP contribution in [-0.2, 0) is 23.8 Å². The highest BCUT2D eigenvalue weighted by molar-refractivity contribution is 7.86. The third-order valence-corrected chi connectivity index (χ3v) is 4.78. The van der Waals surface area contributed by atoms with Gasteiger partial charge < -0.3 is 14.6 Å². The van der Waals surface area contributed by atoms with Crippen molar-refractivity contribution < 1.29 is 36.9 Å². The van der Waals surface area contributed by atoms with Crippen molar-refractivity contribution in [2.45, 2.75) is 37.9 Å². The first-order valence-electron chi connectivity index (χ1n) is 8.20. The number of benzene rings is 1. The van der Waals surface area contributed by atoms with Gasteiger partial charge in [0.05, 0.1) is 24.8 Å². The number of methoxy groups -OCH3 is 1. The first-order valence-corrected chi connectivity index (χ1v) is 10.0. The van der Waals surface area contributed by atoms with E-state index in [9.17, 15) is 28.4 Å². The van der Waals surface area contributed by atoms with E-state index in [2.05, 4.69) is 4.74 Å². The van der Waals surface area contributed by atoms with Gasteiger partial charge in [0.15, 0.2) is 0 Å². The average molecular weight is 418 g/mol. The molecule has 28 heavy (non-hydrogen) atoms. The molecule has 1 N–H and O–H groups in total. The van der Waals surface area contributed by atoms with Gasteiger partial charge >= 0.3 is 6.09 Å². The summed E-state index contributed by atoms with van der Waals surface area (Å²) in [5, 5.41) is 21.4. The van der Waals surface area contributed by atoms with Crippen LogP contribution in [0, 0.1) is 10.1 Å². The van der Waals surface area contributed by atoms with Crippen LogP contribution in [0.15, 0.2) is 24.3 Å². The Hall–Kier alpha value is -2.28. The molecule has 0 aliphatic carbocycles. The number of amides is 1. The van der Waals surface area contributed by atoms with Gasteiger partial charge in [-0.3, -0.25) is 19.2 Å². The fraction of sp³-hybridized carbons (Fsp3) is 0.562. The van der Waals surface area contributed by atoms with Crippen LogP contribution in [0.4, 0.5) is 10.5 Å². The van der Waals surface area contributed by atoms with Gasteiger partial charge in [0.2, 0.25) is 0 Å². The Kier molecular flexibility index (Phi) is 6.28. The van der Waals surface area contributed by atoms with Crippen LogP contribution >= 0.6 is 0 Å². The molecule has 1 fully saturated rings. The van der Waals surface area contributed by atoms with E-state index in [-0.39, 0.29) is 17.8 Å². The Bertz CT molecular complexity index is 838. The molecular formula is C16H22N2O9S. The number of nitro groups is 1. The summed E-state index contributed by atoms with van der Waals surface area (Å²) in [5.41, 5.74) is -1.18. The van der Waals surface area contributed by atoms with Crippen LogP contribution in [0.1, 0.15) is 25.5 Å². The highest BCUT2D eigenvalue weighted by atomic mass is 32.2. The number of carbonyl (C=O) groups excluding carboxylic acids is 1. The van der Waals surface area contributed by atoms with Crippen molar-refractivity contribution in [1.29, 1.82) is 0 Å². The molecule has 0 saturated carbocycles. The maximum Gasteiger partial charge on any atom is 0.411 e. The standard InChI is InChI=1S/C16H22N2O9S/c1-16(2)17(15(20)25-3)9-12(19)14(26-16)13(27-28(4,23)24)10-5-7-11(8-6-10)18(21)22/h5-8,12-14,19H,9H2,1-4H3/t12-,13-,14+/m0/s1. The number of hydrogen-bond donors (Lipinski definition) is 1. The minimum Gasteiger partial charge on any atom is -0.453 e. The monoisotopic (exact) mass is 418 g/mol. The molecule has 1 amide bonds. The number of carbonyl (C=O) groups is 1. The highest BCUT2D eigenvalue weighted by Gasteiger charge is 2.48. The van der Waals surface area contributed by atoms with Crippen molar-refractivity contribution in [2.24, 2.45) is 0 Å². The topological polar surface area (TPSA) is 146 Å². The molecule has 2 rings (SSSR count). The SMILES string of the molecule is COC(=O)N1C[C@H](O)[C@H]([C@@H](OS(C)(=O)=O)c2ccc([N+](=O)[O-])cc2)OC1(C)C. The summed E-state index contributed by atoms with van der Waals surface area (Å²) in [6.07, 6.45) is -3.66. The lowest BCUT2D eigenvalue weighted by Crippen LogP contribution is -2.62. The lowest BCUT2D eigenvalue weighted by Gasteiger charge is -2.48. The Morgan fingerprint density at radius 3 is 2.43 bits per heavy atom. The molecule has 156 valence electrons. The molecule has 0 aromatic heterocycles. The summed E-state index contributed by atoms with van der Waals surface area (Å²) >= 11 is 0. The fourth-order valence-corrected chi connectivity index (χ4v) is 3.53. The number of β-amino-alcohol motifs (C(OH)–C–C–N with tert-alkyl or cyclic N) is 1. The maximum absolute atomic E-state index is 11.9. The molecule has 0 radical (unpaired) electrons. The van der Waals surface area contributed by atoms with Crippen molar-refractivity contribution in [3.63, 3.8) is 0 Å². The van der Waals surface area contributed by atoms with Crippen molar-refractivity contribution >= 4 is 21.9 Å². The largest absolute Gasteiger partial charge is 0.453 e. The second kappa shape index (κ2) is 7.99. The molecule has 0 spiro atoms. The van der Waals surface area contributed by atoms with E-state index in [4.69, 9.17) is 8.92 Å². The van der Waals surface area contributed by atoms with Crippen molar-refractivity contribution in [1.82, 2.24) is 4.90 Å². The lowest BCUT2D eigenvalue weighted by molar-refractivity contribution is -0.384. The number of aliphatic hydroxyl groups is 1. The zero-order valence-corrected chi connectivity index (χ0v) is 16.6. The van der Waals surface area contributed by atoms with E-state index in [0.717, 1.165) is 11.2 Å². The molecule has 0 bridgehead atoms. The summed E-state index contributed by atoms with van der Waals surface area (Å²) in [4.78, 5) is 23.3. The molecule has 3 atom stereocenters. The molecular weight excluding hydrogens is 396 g/mol. The average Bonchev–Trinajstić information content (AvgIpc) is 2.60. The molecule has 12 heteroatoms. The minimum absolute atomic E-state index is 0.191. The number of non-ortho nitro benzene ring substituents is 1. The van der Waals surface area contributed by atoms with E-state index in [1.54, 1.807) is 13.8 Å². The summed E-state index contributed by atoms with van der Waals surface area (Å²) in [7, 11) is -2.79. The van der Waals surface area contributed by atoms with Gasteiger partial charge in [0.1, 0.15) is 24.0 Å². The van der Waals surface area contributed by atoms with Crippen molar-refractivity contribution in [3.8, 4) is 0 Å². The smallest absolute Gasteiger partial charge is 0.411 e. The molecule has 1 heterocycles. The van der Waals surface area contributed by atoms with E-state index < -0.39 is 45.2 Å². The second-order valence-corrected chi connectivity index (χ2v) is 8.35. The summed E-state index contributed by atoms with van der Waals surface area (Å²) in [6.45, 7) is 2.91. The number of nitro benzene ring substituents is 1. The van der Waals surface area contributed by atoms with Crippen LogP contribution in [-0.4, -0.2) is 67.3 Å². The van der Waals surface area contributed by atoms with Crippen LogP contribution < -0.4 is 0 Å². The van der Waals surface area contributed by atoms with Crippen molar-refractivity contribution in [3.05, 3.63) is 39.9 Å². The first-order chi connectivity index (χ1) is 12.9. The van der Waals surface area contributed by atoms with Gasteiger partial charge in [0.25, 0.3) is 15.8 Å². The fourth-order valence-electron chi connectivity index (χ4n) is 2.93. The number of hydrogen-bond acceptors (Lipinski definition) is 9. The summed E-state index contributed by atoms with van der Waals surface area (Å²) in [6, 6.07) is 5.03. The molecule has 11 nitrogen and oxygen atoms in total. The van der Waals surface area contributed by atoms with Crippen LogP contribution in [0.5, 0.6) is 0 Å². The van der Waals surface area contributed by atoms with Crippen LogP contribution in [0.3, 0.4) is 0 Å². The lowest BCUT2D eigenvalue weighted by atomic mass is 9.96. The van der Waals surface area contributed by atoms with Gasteiger partial charge in [-0.05, 0) is 31.5 Å². The number of ether oxygens (including phenoxy) is 2. The third-order valence-electron chi connectivity index (χ3n) is 4.23. The van der Waals surface area contributed by atoms with Crippen molar-refractivity contribution in [2.75, 3.05) is 19.9 Å². The third kappa shape index (κ3) is 4.95. The Labute approximate surface area is 162 Å². The molecule has 1 aliphatic heterocycles. The molecule has 1 aromatic carbocycles. The molecule has 1 aliphatic rings. The van der Waals surface area contributed by atoms with E-state index in [1.807, 2.05) is 0 Å². The van der Waals surface area contributed by atoms with Gasteiger partial charge in [-0.2, -0.15) is 8.42 Å². The van der Waals surface area contributed by atoms with Gasteiger partial charge in [-0.15, -0.1) is 0 Å². The zero-order chi connectivity index (χ0) is 21.3. The van der Waals surface area contributed by atoms with Crippen LogP contribution in [0.2, 0.25) is 0 Å². The number of nitrogens with zero attached hydrogens (tertiary/aromatic N) is 2. The Morgan fingerprint density at radius 1 is 1.39 bits per heavy atom. The quantitative estimate of drug-likeness (QED) is 0.423. The zero-order valence-electron chi connectivity index (χ0n) is 15.8. The molecule has 1 saturated heterocycles.